The van der Waals surface area contributed by atoms with Crippen LogP contribution in [0.4, 0.5) is 4.79 Å². The summed E-state index contributed by atoms with van der Waals surface area (Å²) in [6.45, 7) is 6.33. The molecule has 2 aliphatic rings. The average Bonchev–Trinajstić information content (AvgIpc) is 2.90. The van der Waals surface area contributed by atoms with Crippen LogP contribution in [0.15, 0.2) is 24.3 Å². The number of aryl methyl sites for hydroxylation is 1. The number of rotatable bonds is 2. The number of imide groups is 1. The maximum Gasteiger partial charge on any atom is 0.327 e. The van der Waals surface area contributed by atoms with Crippen molar-refractivity contribution < 1.29 is 14.4 Å². The van der Waals surface area contributed by atoms with Gasteiger partial charge in [-0.1, -0.05) is 24.3 Å². The predicted octanol–water partition coefficient (Wildman–Crippen LogP) is 2.29. The van der Waals surface area contributed by atoms with Crippen molar-refractivity contribution in [3.05, 3.63) is 35.4 Å². The molecule has 0 N–H and O–H groups in total. The molecule has 0 aliphatic carbocycles. The highest BCUT2D eigenvalue weighted by Crippen LogP contribution is 2.36. The quantitative estimate of drug-likeness (QED) is 0.744. The summed E-state index contributed by atoms with van der Waals surface area (Å²) < 4.78 is 0. The minimum Gasteiger partial charge on any atom is -0.333 e. The van der Waals surface area contributed by atoms with Gasteiger partial charge >= 0.3 is 17.8 Å². The summed E-state index contributed by atoms with van der Waals surface area (Å²) in [5.41, 5.74) is 2.58. The molecule has 0 bridgehead atoms. The van der Waals surface area contributed by atoms with Crippen molar-refractivity contribution in [3.8, 4) is 0 Å². The van der Waals surface area contributed by atoms with Crippen molar-refractivity contribution in [1.82, 2.24) is 14.7 Å². The number of likely N-dealkylation sites (N-methyl/N-ethyl adjacent to an activating group) is 1. The van der Waals surface area contributed by atoms with Crippen LogP contribution >= 0.6 is 11.8 Å². The maximum atomic E-state index is 12.8. The number of hydrogen-bond acceptors (Lipinski definition) is 4. The van der Waals surface area contributed by atoms with Gasteiger partial charge in [-0.05, 0) is 31.4 Å². The second-order valence-corrected chi connectivity index (χ2v) is 7.93. The molecule has 1 atom stereocenters. The molecule has 2 aliphatic heterocycles. The van der Waals surface area contributed by atoms with Gasteiger partial charge in [-0.15, -0.1) is 0 Å². The van der Waals surface area contributed by atoms with E-state index in [9.17, 15) is 14.4 Å². The Balaban J connectivity index is 1.66. The SMILES string of the molecule is CCN1CCN(C(=O)N2CCS[C@@H](c3ccccc3C)CC2)C(=O)C1=O. The molecule has 0 saturated carbocycles. The van der Waals surface area contributed by atoms with Gasteiger partial charge in [0.05, 0.1) is 0 Å². The van der Waals surface area contributed by atoms with Crippen LogP contribution in [-0.2, 0) is 9.59 Å². The highest BCUT2D eigenvalue weighted by Gasteiger charge is 2.37. The third-order valence-corrected chi connectivity index (χ3v) is 6.38. The van der Waals surface area contributed by atoms with Crippen molar-refractivity contribution >= 4 is 29.6 Å². The van der Waals surface area contributed by atoms with Crippen LogP contribution in [0, 0.1) is 6.92 Å². The Kier molecular flexibility index (Phi) is 5.86. The first kappa shape index (κ1) is 18.8. The molecule has 7 heteroatoms. The summed E-state index contributed by atoms with van der Waals surface area (Å²) in [7, 11) is 0. The molecule has 4 amide bonds. The van der Waals surface area contributed by atoms with Gasteiger partial charge in [-0.3, -0.25) is 14.5 Å². The van der Waals surface area contributed by atoms with Crippen LogP contribution in [0.5, 0.6) is 0 Å². The summed E-state index contributed by atoms with van der Waals surface area (Å²) in [5.74, 6) is -0.452. The van der Waals surface area contributed by atoms with Crippen molar-refractivity contribution in [2.45, 2.75) is 25.5 Å². The third-order valence-electron chi connectivity index (χ3n) is 5.07. The molecular formula is C19H25N3O3S. The Morgan fingerprint density at radius 3 is 2.62 bits per heavy atom. The van der Waals surface area contributed by atoms with E-state index in [1.807, 2.05) is 30.8 Å². The first-order chi connectivity index (χ1) is 12.5. The summed E-state index contributed by atoms with van der Waals surface area (Å²) in [6, 6.07) is 8.02. The number of urea groups is 1. The van der Waals surface area contributed by atoms with Gasteiger partial charge in [0.25, 0.3) is 0 Å². The Morgan fingerprint density at radius 2 is 1.88 bits per heavy atom. The lowest BCUT2D eigenvalue weighted by molar-refractivity contribution is -0.153. The first-order valence-corrected chi connectivity index (χ1v) is 10.1. The molecule has 0 unspecified atom stereocenters. The molecule has 1 aromatic rings. The van der Waals surface area contributed by atoms with Crippen LogP contribution in [0.3, 0.4) is 0 Å². The van der Waals surface area contributed by atoms with Crippen LogP contribution in [0.25, 0.3) is 0 Å². The molecule has 2 saturated heterocycles. The molecule has 0 spiro atoms. The van der Waals surface area contributed by atoms with Gasteiger partial charge in [-0.25, -0.2) is 4.79 Å². The number of benzene rings is 1. The highest BCUT2D eigenvalue weighted by atomic mass is 32.2. The van der Waals surface area contributed by atoms with Gasteiger partial charge < -0.3 is 9.80 Å². The molecule has 26 heavy (non-hydrogen) atoms. The van der Waals surface area contributed by atoms with Crippen LogP contribution in [-0.4, -0.2) is 71.0 Å². The number of nitrogens with zero attached hydrogens (tertiary/aromatic N) is 3. The Hall–Kier alpha value is -2.02. The molecule has 2 heterocycles. The summed E-state index contributed by atoms with van der Waals surface area (Å²) in [6.07, 6.45) is 0.846. The Labute approximate surface area is 158 Å². The van der Waals surface area contributed by atoms with Crippen LogP contribution in [0.1, 0.15) is 29.7 Å². The lowest BCUT2D eigenvalue weighted by atomic mass is 10.0. The number of carbonyl (C=O) groups excluding carboxylic acids is 3. The minimum absolute atomic E-state index is 0.280. The minimum atomic E-state index is -0.699. The zero-order valence-electron chi connectivity index (χ0n) is 15.3. The van der Waals surface area contributed by atoms with Crippen molar-refractivity contribution in [2.24, 2.45) is 0 Å². The summed E-state index contributed by atoms with van der Waals surface area (Å²) in [5, 5.41) is 0.350. The van der Waals surface area contributed by atoms with E-state index >= 15 is 0 Å². The molecule has 3 rings (SSSR count). The zero-order valence-corrected chi connectivity index (χ0v) is 16.1. The fraction of sp³-hybridized carbons (Fsp3) is 0.526. The zero-order chi connectivity index (χ0) is 18.7. The maximum absolute atomic E-state index is 12.8. The molecule has 140 valence electrons. The van der Waals surface area contributed by atoms with Crippen LogP contribution < -0.4 is 0 Å². The third kappa shape index (κ3) is 3.72. The Morgan fingerprint density at radius 1 is 1.12 bits per heavy atom. The summed E-state index contributed by atoms with van der Waals surface area (Å²) >= 11 is 1.85. The molecule has 0 aromatic heterocycles. The van der Waals surface area contributed by atoms with Gasteiger partial charge in [0.15, 0.2) is 0 Å². The standard InChI is InChI=1S/C19H25N3O3S/c1-3-20-10-11-22(18(24)17(20)23)19(25)21-9-8-16(26-13-12-21)15-7-5-4-6-14(15)2/h4-7,16H,3,8-13H2,1-2H3/t16-/m1/s1. The van der Waals surface area contributed by atoms with E-state index in [4.69, 9.17) is 0 Å². The van der Waals surface area contributed by atoms with E-state index in [1.165, 1.54) is 16.0 Å². The smallest absolute Gasteiger partial charge is 0.327 e. The average molecular weight is 375 g/mol. The number of hydrogen-bond donors (Lipinski definition) is 0. The van der Waals surface area contributed by atoms with E-state index in [1.54, 1.807) is 4.90 Å². The van der Waals surface area contributed by atoms with Gasteiger partial charge in [-0.2, -0.15) is 11.8 Å². The largest absolute Gasteiger partial charge is 0.333 e. The first-order valence-electron chi connectivity index (χ1n) is 9.09. The lowest BCUT2D eigenvalue weighted by Crippen LogP contribution is -2.58. The van der Waals surface area contributed by atoms with Crippen molar-refractivity contribution in [1.29, 1.82) is 0 Å². The topological polar surface area (TPSA) is 60.9 Å². The number of piperazine rings is 1. The van der Waals surface area contributed by atoms with E-state index in [2.05, 4.69) is 19.1 Å². The fourth-order valence-corrected chi connectivity index (χ4v) is 4.81. The second-order valence-electron chi connectivity index (χ2n) is 6.62. The molecule has 1 aromatic carbocycles. The number of amides is 4. The van der Waals surface area contributed by atoms with Crippen molar-refractivity contribution in [3.63, 3.8) is 0 Å². The van der Waals surface area contributed by atoms with E-state index in [0.29, 0.717) is 31.4 Å². The van der Waals surface area contributed by atoms with E-state index < -0.39 is 11.8 Å². The molecule has 0 radical (unpaired) electrons. The lowest BCUT2D eigenvalue weighted by Gasteiger charge is -2.34. The Bertz CT molecular complexity index is 709. The van der Waals surface area contributed by atoms with Gasteiger partial charge in [0.1, 0.15) is 0 Å². The van der Waals surface area contributed by atoms with Gasteiger partial charge in [0.2, 0.25) is 0 Å². The second kappa shape index (κ2) is 8.12. The summed E-state index contributed by atoms with van der Waals surface area (Å²) in [4.78, 5) is 41.5. The molecule has 6 nitrogen and oxygen atoms in total. The van der Waals surface area contributed by atoms with E-state index in [0.717, 1.165) is 17.1 Å². The highest BCUT2D eigenvalue weighted by molar-refractivity contribution is 7.99. The normalized spacial score (nSPS) is 21.8. The number of carbonyl (C=O) groups is 3. The monoisotopic (exact) mass is 375 g/mol. The number of thioether (sulfide) groups is 1. The molecular weight excluding hydrogens is 350 g/mol. The van der Waals surface area contributed by atoms with Gasteiger partial charge in [0, 0.05) is 43.7 Å². The molecule has 2 fully saturated rings. The predicted molar refractivity (Wildman–Crippen MR) is 102 cm³/mol. The van der Waals surface area contributed by atoms with E-state index in [-0.39, 0.29) is 12.6 Å². The fourth-order valence-electron chi connectivity index (χ4n) is 3.49. The van der Waals surface area contributed by atoms with Crippen molar-refractivity contribution in [2.75, 3.05) is 38.5 Å². The van der Waals surface area contributed by atoms with Crippen LogP contribution in [0.2, 0.25) is 0 Å².